The van der Waals surface area contributed by atoms with Gasteiger partial charge in [0.1, 0.15) is 11.3 Å². The summed E-state index contributed by atoms with van der Waals surface area (Å²) in [6, 6.07) is 15.4. The third-order valence-corrected chi connectivity index (χ3v) is 8.02. The number of nitrogens with zero attached hydrogens (tertiary/aromatic N) is 6. The smallest absolute Gasteiger partial charge is 0.180 e. The lowest BCUT2D eigenvalue weighted by atomic mass is 10.1. The summed E-state index contributed by atoms with van der Waals surface area (Å²) < 4.78 is 0.956. The average Bonchev–Trinajstić information content (AvgIpc) is 3.52. The summed E-state index contributed by atoms with van der Waals surface area (Å²) in [5, 5.41) is 3.71. The van der Waals surface area contributed by atoms with E-state index >= 15 is 0 Å². The lowest BCUT2D eigenvalue weighted by molar-refractivity contribution is 0.247. The molecule has 37 heavy (non-hydrogen) atoms. The van der Waals surface area contributed by atoms with Crippen LogP contribution in [0.5, 0.6) is 0 Å². The normalized spacial score (nSPS) is 19.1. The van der Waals surface area contributed by atoms with Gasteiger partial charge < -0.3 is 20.1 Å². The molecule has 3 aromatic heterocycles. The molecular formula is C28H33BrN8. The number of halogens is 1. The molecule has 0 radical (unpaired) electrons. The molecule has 0 amide bonds. The summed E-state index contributed by atoms with van der Waals surface area (Å²) in [4.78, 5) is 24.9. The van der Waals surface area contributed by atoms with Crippen LogP contribution in [0.15, 0.2) is 53.1 Å². The molecule has 0 spiro atoms. The second kappa shape index (κ2) is 10.4. The van der Waals surface area contributed by atoms with Crippen molar-refractivity contribution < 1.29 is 0 Å². The number of rotatable bonds is 6. The van der Waals surface area contributed by atoms with Gasteiger partial charge in [0.15, 0.2) is 5.65 Å². The van der Waals surface area contributed by atoms with Crippen LogP contribution in [0.1, 0.15) is 17.8 Å². The van der Waals surface area contributed by atoms with E-state index in [0.717, 1.165) is 96.3 Å². The van der Waals surface area contributed by atoms with Crippen LogP contribution in [0.2, 0.25) is 0 Å². The van der Waals surface area contributed by atoms with Crippen LogP contribution >= 0.6 is 15.9 Å². The standard InChI is InChI=1S/C28H33BrN8/c1-19-4-3-5-21(31-19)18-36-12-14-37(15-13-36)23-8-6-20(7-9-23)27-33-26-25(24(29)16-30-28(26)34-27)32-22-10-11-35(2)17-22/h3-9,16,22H,10-15,17-18H2,1-2H3,(H2,30,32,33,34). The van der Waals surface area contributed by atoms with Gasteiger partial charge in [0.25, 0.3) is 0 Å². The lowest BCUT2D eigenvalue weighted by Crippen LogP contribution is -2.46. The van der Waals surface area contributed by atoms with Crippen LogP contribution in [-0.4, -0.2) is 82.1 Å². The van der Waals surface area contributed by atoms with Crippen LogP contribution in [0, 0.1) is 6.92 Å². The average molecular weight is 562 g/mol. The van der Waals surface area contributed by atoms with Crippen molar-refractivity contribution in [2.45, 2.75) is 25.9 Å². The van der Waals surface area contributed by atoms with E-state index in [2.05, 4.69) is 107 Å². The van der Waals surface area contributed by atoms with E-state index < -0.39 is 0 Å². The molecule has 4 aromatic rings. The van der Waals surface area contributed by atoms with Crippen molar-refractivity contribution in [1.82, 2.24) is 29.7 Å². The largest absolute Gasteiger partial charge is 0.378 e. The predicted molar refractivity (Wildman–Crippen MR) is 153 cm³/mol. The topological polar surface area (TPSA) is 76.2 Å². The van der Waals surface area contributed by atoms with E-state index in [1.54, 1.807) is 0 Å². The van der Waals surface area contributed by atoms with Crippen molar-refractivity contribution in [3.8, 4) is 11.4 Å². The maximum absolute atomic E-state index is 4.81. The highest BCUT2D eigenvalue weighted by Gasteiger charge is 2.22. The maximum atomic E-state index is 4.81. The zero-order valence-electron chi connectivity index (χ0n) is 21.4. The minimum absolute atomic E-state index is 0.423. The quantitative estimate of drug-likeness (QED) is 0.358. The monoisotopic (exact) mass is 560 g/mol. The molecule has 1 aromatic carbocycles. The molecule has 0 bridgehead atoms. The molecule has 192 valence electrons. The van der Waals surface area contributed by atoms with E-state index in [-0.39, 0.29) is 0 Å². The van der Waals surface area contributed by atoms with E-state index in [0.29, 0.717) is 6.04 Å². The molecular weight excluding hydrogens is 528 g/mol. The van der Waals surface area contributed by atoms with Gasteiger partial charge in [0.2, 0.25) is 0 Å². The Hall–Kier alpha value is -3.01. The first-order valence-corrected chi connectivity index (χ1v) is 13.8. The molecule has 2 aliphatic rings. The number of aromatic nitrogens is 4. The number of aromatic amines is 1. The Balaban J connectivity index is 1.13. The number of hydrogen-bond acceptors (Lipinski definition) is 7. The Labute approximate surface area is 226 Å². The van der Waals surface area contributed by atoms with Crippen LogP contribution in [0.4, 0.5) is 11.4 Å². The molecule has 2 saturated heterocycles. The summed E-state index contributed by atoms with van der Waals surface area (Å²) in [5.74, 6) is 0.842. The number of imidazole rings is 1. The maximum Gasteiger partial charge on any atom is 0.180 e. The molecule has 1 unspecified atom stereocenters. The van der Waals surface area contributed by atoms with Gasteiger partial charge >= 0.3 is 0 Å². The molecule has 1 atom stereocenters. The fraction of sp³-hybridized carbons (Fsp3) is 0.393. The molecule has 6 rings (SSSR count). The number of likely N-dealkylation sites (N-methyl/N-ethyl adjacent to an activating group) is 1. The number of nitrogens with one attached hydrogen (secondary N) is 2. The molecule has 0 aliphatic carbocycles. The number of benzene rings is 1. The predicted octanol–water partition coefficient (Wildman–Crippen LogP) is 4.53. The number of H-pyrrole nitrogens is 1. The highest BCUT2D eigenvalue weighted by molar-refractivity contribution is 9.10. The van der Waals surface area contributed by atoms with E-state index in [1.165, 1.54) is 5.69 Å². The highest BCUT2D eigenvalue weighted by Crippen LogP contribution is 2.32. The Bertz CT molecular complexity index is 1380. The fourth-order valence-corrected chi connectivity index (χ4v) is 5.79. The number of pyridine rings is 2. The fourth-order valence-electron chi connectivity index (χ4n) is 5.38. The van der Waals surface area contributed by atoms with Crippen molar-refractivity contribution in [2.75, 3.05) is 56.5 Å². The number of hydrogen-bond donors (Lipinski definition) is 2. The third kappa shape index (κ3) is 5.35. The molecule has 5 heterocycles. The summed E-state index contributed by atoms with van der Waals surface area (Å²) >= 11 is 3.69. The Morgan fingerprint density at radius 3 is 2.57 bits per heavy atom. The van der Waals surface area contributed by atoms with Gasteiger partial charge in [-0.05, 0) is 79.3 Å². The van der Waals surface area contributed by atoms with Gasteiger partial charge in [-0.15, -0.1) is 0 Å². The van der Waals surface area contributed by atoms with E-state index in [4.69, 9.17) is 4.98 Å². The third-order valence-electron chi connectivity index (χ3n) is 7.42. The summed E-state index contributed by atoms with van der Waals surface area (Å²) in [6.07, 6.45) is 2.97. The van der Waals surface area contributed by atoms with Crippen LogP contribution in [0.25, 0.3) is 22.6 Å². The Kier molecular flexibility index (Phi) is 6.84. The van der Waals surface area contributed by atoms with Crippen molar-refractivity contribution >= 4 is 38.5 Å². The van der Waals surface area contributed by atoms with Crippen molar-refractivity contribution in [3.63, 3.8) is 0 Å². The molecule has 2 aliphatic heterocycles. The minimum Gasteiger partial charge on any atom is -0.378 e. The number of aryl methyl sites for hydroxylation is 1. The second-order valence-corrected chi connectivity index (χ2v) is 11.1. The van der Waals surface area contributed by atoms with E-state index in [1.807, 2.05) is 6.20 Å². The molecule has 2 fully saturated rings. The number of anilines is 2. The van der Waals surface area contributed by atoms with Crippen molar-refractivity contribution in [1.29, 1.82) is 0 Å². The SMILES string of the molecule is Cc1cccc(CN2CCN(c3ccc(-c4nc5ncc(Br)c(NC6CCN(C)C6)c5[nH]4)cc3)CC2)n1. The number of likely N-dealkylation sites (tertiary alicyclic amines) is 1. The first-order chi connectivity index (χ1) is 18.0. The Morgan fingerprint density at radius 2 is 1.84 bits per heavy atom. The van der Waals surface area contributed by atoms with Gasteiger partial charge in [0.05, 0.1) is 15.9 Å². The zero-order valence-corrected chi connectivity index (χ0v) is 23.0. The summed E-state index contributed by atoms with van der Waals surface area (Å²) in [6.45, 7) is 9.22. The minimum atomic E-state index is 0.423. The van der Waals surface area contributed by atoms with Crippen molar-refractivity contribution in [3.05, 3.63) is 64.5 Å². The van der Waals surface area contributed by atoms with Gasteiger partial charge in [-0.1, -0.05) is 6.07 Å². The lowest BCUT2D eigenvalue weighted by Gasteiger charge is -2.36. The van der Waals surface area contributed by atoms with Crippen LogP contribution < -0.4 is 10.2 Å². The number of fused-ring (bicyclic) bond motifs is 1. The molecule has 2 N–H and O–H groups in total. The zero-order chi connectivity index (χ0) is 25.4. The first-order valence-electron chi connectivity index (χ1n) is 13.0. The van der Waals surface area contributed by atoms with Gasteiger partial charge in [0, 0.05) is 68.5 Å². The van der Waals surface area contributed by atoms with Crippen LogP contribution in [-0.2, 0) is 6.54 Å². The number of piperazine rings is 1. The molecule has 8 nitrogen and oxygen atoms in total. The van der Waals surface area contributed by atoms with Crippen LogP contribution in [0.3, 0.4) is 0 Å². The molecule has 9 heteroatoms. The molecule has 0 saturated carbocycles. The highest BCUT2D eigenvalue weighted by atomic mass is 79.9. The van der Waals surface area contributed by atoms with Crippen molar-refractivity contribution in [2.24, 2.45) is 0 Å². The Morgan fingerprint density at radius 1 is 1.03 bits per heavy atom. The summed E-state index contributed by atoms with van der Waals surface area (Å²) in [7, 11) is 2.17. The first kappa shape index (κ1) is 24.3. The summed E-state index contributed by atoms with van der Waals surface area (Å²) in [5.41, 5.74) is 7.27. The second-order valence-electron chi connectivity index (χ2n) is 10.2. The van der Waals surface area contributed by atoms with E-state index in [9.17, 15) is 0 Å². The van der Waals surface area contributed by atoms with Gasteiger partial charge in [-0.25, -0.2) is 9.97 Å². The van der Waals surface area contributed by atoms with Gasteiger partial charge in [-0.2, -0.15) is 0 Å². The van der Waals surface area contributed by atoms with Gasteiger partial charge in [-0.3, -0.25) is 9.88 Å².